The zero-order valence-corrected chi connectivity index (χ0v) is 18.6. The fraction of sp³-hybridized carbons (Fsp3) is 0.200. The van der Waals surface area contributed by atoms with E-state index in [-0.39, 0.29) is 5.91 Å². The number of nitrogens with zero attached hydrogens (tertiary/aromatic N) is 2. The third kappa shape index (κ3) is 5.85. The van der Waals surface area contributed by atoms with E-state index < -0.39 is 11.0 Å². The van der Waals surface area contributed by atoms with Gasteiger partial charge in [0.25, 0.3) is 5.91 Å². The van der Waals surface area contributed by atoms with Crippen LogP contribution >= 0.6 is 23.7 Å². The molecule has 0 saturated carbocycles. The van der Waals surface area contributed by atoms with Gasteiger partial charge in [-0.05, 0) is 48.9 Å². The smallest absolute Gasteiger partial charge is 0.256 e. The molecule has 3 rings (SSSR count). The number of halogens is 1. The van der Waals surface area contributed by atoms with Crippen molar-refractivity contribution in [3.63, 3.8) is 0 Å². The first-order valence-electron chi connectivity index (χ1n) is 9.02. The summed E-state index contributed by atoms with van der Waals surface area (Å²) in [5.74, 6) is 0.452. The van der Waals surface area contributed by atoms with Crippen LogP contribution in [0.15, 0.2) is 69.9 Å². The van der Waals surface area contributed by atoms with Crippen molar-refractivity contribution in [3.8, 4) is 0 Å². The molecule has 1 atom stereocenters. The van der Waals surface area contributed by atoms with Gasteiger partial charge in [-0.1, -0.05) is 17.7 Å². The molecule has 30 heavy (non-hydrogen) atoms. The van der Waals surface area contributed by atoms with Crippen LogP contribution < -0.4 is 9.86 Å². The molecule has 1 aromatic rings. The molecule has 158 valence electrons. The number of anilines is 1. The number of carbonyl (C=O) groups excluding carboxylic acids is 1. The summed E-state index contributed by atoms with van der Waals surface area (Å²) >= 11 is 6.98. The number of allylic oxidation sites excluding steroid dienone is 6. The summed E-state index contributed by atoms with van der Waals surface area (Å²) < 4.78 is 25.3. The molecule has 1 amide bonds. The summed E-state index contributed by atoms with van der Waals surface area (Å²) in [7, 11) is 0.101. The molecule has 7 nitrogen and oxygen atoms in total. The predicted molar refractivity (Wildman–Crippen MR) is 124 cm³/mol. The topological polar surface area (TPSA) is 97.0 Å². The second-order valence-corrected chi connectivity index (χ2v) is 8.57. The first-order chi connectivity index (χ1) is 14.5. The Morgan fingerprint density at radius 3 is 3.03 bits per heavy atom. The van der Waals surface area contributed by atoms with Crippen molar-refractivity contribution in [2.24, 2.45) is 9.54 Å². The van der Waals surface area contributed by atoms with E-state index in [4.69, 9.17) is 21.5 Å². The number of likely N-dealkylation sites (N-methyl/N-ethyl adjacent to an activating group) is 1. The highest BCUT2D eigenvalue weighted by Crippen LogP contribution is 2.26. The predicted octanol–water partition coefficient (Wildman–Crippen LogP) is 4.11. The molecule has 1 heterocycles. The Morgan fingerprint density at radius 2 is 2.30 bits per heavy atom. The highest BCUT2D eigenvalue weighted by atomic mass is 35.5. The maximum atomic E-state index is 13.0. The fourth-order valence-electron chi connectivity index (χ4n) is 2.83. The van der Waals surface area contributed by atoms with Gasteiger partial charge in [-0.15, -0.1) is 0 Å². The van der Waals surface area contributed by atoms with Gasteiger partial charge in [0.15, 0.2) is 0 Å². The van der Waals surface area contributed by atoms with Crippen LogP contribution in [-0.4, -0.2) is 34.3 Å². The van der Waals surface area contributed by atoms with Crippen molar-refractivity contribution in [1.29, 1.82) is 0 Å². The lowest BCUT2D eigenvalue weighted by Crippen LogP contribution is -2.30. The van der Waals surface area contributed by atoms with E-state index in [1.807, 2.05) is 12.2 Å². The molecule has 1 aliphatic heterocycles. The Morgan fingerprint density at radius 1 is 1.47 bits per heavy atom. The van der Waals surface area contributed by atoms with Crippen LogP contribution in [0.3, 0.4) is 0 Å². The largest absolute Gasteiger partial charge is 0.468 e. The summed E-state index contributed by atoms with van der Waals surface area (Å²) in [6.45, 7) is 0.320. The number of hydrogen-bond donors (Lipinski definition) is 2. The minimum absolute atomic E-state index is 0.246. The van der Waals surface area contributed by atoms with Crippen LogP contribution in [0, 0.1) is 0 Å². The van der Waals surface area contributed by atoms with Crippen molar-refractivity contribution < 1.29 is 13.7 Å². The van der Waals surface area contributed by atoms with Gasteiger partial charge in [-0.25, -0.2) is 8.61 Å². The second-order valence-electron chi connectivity index (χ2n) is 6.47. The zero-order chi connectivity index (χ0) is 21.5. The molecule has 0 bridgehead atoms. The number of amides is 1. The number of hydrogen-bond acceptors (Lipinski definition) is 6. The van der Waals surface area contributed by atoms with E-state index in [1.54, 1.807) is 49.7 Å². The van der Waals surface area contributed by atoms with E-state index in [0.717, 1.165) is 18.6 Å². The molecule has 0 saturated heterocycles. The minimum atomic E-state index is -1.58. The van der Waals surface area contributed by atoms with E-state index in [2.05, 4.69) is 9.12 Å². The van der Waals surface area contributed by atoms with Crippen molar-refractivity contribution >= 4 is 52.0 Å². The Balaban J connectivity index is 1.76. The van der Waals surface area contributed by atoms with Crippen LogP contribution in [0.5, 0.6) is 0 Å². The highest BCUT2D eigenvalue weighted by Gasteiger charge is 2.20. The molecule has 1 aromatic carbocycles. The maximum absolute atomic E-state index is 13.0. The van der Waals surface area contributed by atoms with Gasteiger partial charge < -0.3 is 14.4 Å². The molecule has 0 fully saturated rings. The number of rotatable bonds is 7. The average Bonchev–Trinajstić information content (AvgIpc) is 2.74. The summed E-state index contributed by atoms with van der Waals surface area (Å²) in [6, 6.07) is 4.83. The lowest BCUT2D eigenvalue weighted by atomic mass is 10.1. The van der Waals surface area contributed by atoms with Crippen molar-refractivity contribution in [1.82, 2.24) is 4.90 Å². The van der Waals surface area contributed by atoms with Gasteiger partial charge in [0.2, 0.25) is 0 Å². The zero-order valence-electron chi connectivity index (χ0n) is 16.2. The van der Waals surface area contributed by atoms with Gasteiger partial charge in [0, 0.05) is 23.4 Å². The maximum Gasteiger partial charge on any atom is 0.256 e. The Labute approximate surface area is 187 Å². The number of ether oxygens (including phenoxy) is 1. The standard InChI is InChI=1S/C20H21ClN4O3S2/c1-25(13-16-6-2-3-10-28-16)20(26)18-9-8-14(21)11-19(18)24-30(27)17-7-4-5-15(12-17)23-29-22/h3-11,24H,2,12-13,22H2,1H3/b23-15-. The molecule has 3 N–H and O–H groups in total. The normalized spacial score (nSPS) is 17.8. The highest BCUT2D eigenvalue weighted by molar-refractivity contribution is 7.95. The average molecular weight is 465 g/mol. The summed E-state index contributed by atoms with van der Waals surface area (Å²) in [5.41, 5.74) is 1.46. The third-order valence-corrected chi connectivity index (χ3v) is 6.02. The summed E-state index contributed by atoms with van der Waals surface area (Å²) in [6.07, 6.45) is 11.9. The fourth-order valence-corrected chi connectivity index (χ4v) is 4.24. The Bertz CT molecular complexity index is 1000. The minimum Gasteiger partial charge on any atom is -0.468 e. The molecule has 1 aliphatic carbocycles. The lowest BCUT2D eigenvalue weighted by Gasteiger charge is -2.21. The van der Waals surface area contributed by atoms with Gasteiger partial charge in [-0.2, -0.15) is 0 Å². The van der Waals surface area contributed by atoms with E-state index in [0.29, 0.717) is 45.6 Å². The molecule has 0 aromatic heterocycles. The molecule has 1 unspecified atom stereocenters. The van der Waals surface area contributed by atoms with Crippen molar-refractivity contribution in [2.75, 3.05) is 18.3 Å². The monoisotopic (exact) mass is 464 g/mol. The number of benzene rings is 1. The van der Waals surface area contributed by atoms with Gasteiger partial charge in [0.1, 0.15) is 16.7 Å². The van der Waals surface area contributed by atoms with E-state index >= 15 is 0 Å². The Hall–Kier alpha value is -2.33. The van der Waals surface area contributed by atoms with Crippen LogP contribution in [-0.2, 0) is 15.7 Å². The molecule has 2 aliphatic rings. The van der Waals surface area contributed by atoms with Crippen molar-refractivity contribution in [2.45, 2.75) is 12.8 Å². The third-order valence-electron chi connectivity index (χ3n) is 4.29. The first-order valence-corrected chi connectivity index (χ1v) is 11.4. The first kappa shape index (κ1) is 22.4. The van der Waals surface area contributed by atoms with E-state index in [1.165, 1.54) is 4.90 Å². The van der Waals surface area contributed by atoms with Crippen LogP contribution in [0.2, 0.25) is 5.02 Å². The molecule has 10 heteroatoms. The molecule has 0 spiro atoms. The van der Waals surface area contributed by atoms with Crippen molar-refractivity contribution in [3.05, 3.63) is 76.1 Å². The van der Waals surface area contributed by atoms with Crippen LogP contribution in [0.25, 0.3) is 0 Å². The van der Waals surface area contributed by atoms with Crippen LogP contribution in [0.1, 0.15) is 23.2 Å². The summed E-state index contributed by atoms with van der Waals surface area (Å²) in [4.78, 5) is 15.2. The van der Waals surface area contributed by atoms with E-state index in [9.17, 15) is 9.00 Å². The SMILES string of the molecule is CN(CC1=CCC=CO1)C(=O)c1ccc(Cl)cc1NS(=O)C1=CC=C/C(=N/SN)C1. The van der Waals surface area contributed by atoms with Crippen LogP contribution in [0.4, 0.5) is 5.69 Å². The quantitative estimate of drug-likeness (QED) is 0.592. The second kappa shape index (κ2) is 10.6. The van der Waals surface area contributed by atoms with Gasteiger partial charge >= 0.3 is 0 Å². The number of nitrogens with two attached hydrogens (primary N) is 1. The molecule has 0 radical (unpaired) electrons. The van der Waals surface area contributed by atoms with Gasteiger partial charge in [0.05, 0.1) is 41.9 Å². The Kier molecular flexibility index (Phi) is 7.92. The number of carbonyl (C=O) groups is 1. The molecular formula is C20H21ClN4O3S2. The lowest BCUT2D eigenvalue weighted by molar-refractivity contribution is 0.0790. The van der Waals surface area contributed by atoms with Gasteiger partial charge in [-0.3, -0.25) is 9.93 Å². The summed E-state index contributed by atoms with van der Waals surface area (Å²) in [5, 5.41) is 5.81. The number of nitrogens with one attached hydrogen (secondary N) is 1. The molecular weight excluding hydrogens is 444 g/mol.